The van der Waals surface area contributed by atoms with Crippen LogP contribution >= 0.6 is 0 Å². The highest BCUT2D eigenvalue weighted by atomic mass is 16.5. The van der Waals surface area contributed by atoms with Gasteiger partial charge in [0.2, 0.25) is 0 Å². The number of carbonyl (C=O) groups is 1. The minimum absolute atomic E-state index is 0.139. The highest BCUT2D eigenvalue weighted by Gasteiger charge is 2.18. The molecule has 0 fully saturated rings. The maximum Gasteiger partial charge on any atom is 0.255 e. The molecule has 0 heterocycles. The minimum Gasteiger partial charge on any atom is -0.497 e. The van der Waals surface area contributed by atoms with E-state index in [0.29, 0.717) is 23.6 Å². The fourth-order valence-electron chi connectivity index (χ4n) is 3.18. The SMILES string of the molecule is CCCCCCCNC(=O)c1c(/C=C/c2ccc(OC)cc2)cc(OC)cc1OC. The van der Waals surface area contributed by atoms with Crippen LogP contribution in [0.5, 0.6) is 17.2 Å². The van der Waals surface area contributed by atoms with Crippen LogP contribution in [-0.2, 0) is 0 Å². The monoisotopic (exact) mass is 411 g/mol. The topological polar surface area (TPSA) is 56.8 Å². The first kappa shape index (κ1) is 23.3. The molecule has 0 radical (unpaired) electrons. The van der Waals surface area contributed by atoms with Crippen LogP contribution in [-0.4, -0.2) is 33.8 Å². The number of methoxy groups -OCH3 is 3. The van der Waals surface area contributed by atoms with Crippen molar-refractivity contribution in [2.24, 2.45) is 0 Å². The fourth-order valence-corrected chi connectivity index (χ4v) is 3.18. The Morgan fingerprint density at radius 1 is 0.867 bits per heavy atom. The van der Waals surface area contributed by atoms with Crippen LogP contribution in [0.25, 0.3) is 12.2 Å². The van der Waals surface area contributed by atoms with E-state index in [9.17, 15) is 4.79 Å². The number of amides is 1. The molecule has 0 bridgehead atoms. The van der Waals surface area contributed by atoms with Gasteiger partial charge in [-0.1, -0.05) is 56.9 Å². The number of carbonyl (C=O) groups excluding carboxylic acids is 1. The summed E-state index contributed by atoms with van der Waals surface area (Å²) in [6.07, 6.45) is 9.60. The third kappa shape index (κ3) is 6.83. The minimum atomic E-state index is -0.139. The van der Waals surface area contributed by atoms with E-state index in [-0.39, 0.29) is 5.91 Å². The largest absolute Gasteiger partial charge is 0.497 e. The van der Waals surface area contributed by atoms with Gasteiger partial charge in [-0.15, -0.1) is 0 Å². The summed E-state index contributed by atoms with van der Waals surface area (Å²) in [5, 5.41) is 3.03. The average Bonchev–Trinajstić information content (AvgIpc) is 2.79. The molecule has 0 unspecified atom stereocenters. The lowest BCUT2D eigenvalue weighted by atomic mass is 10.0. The summed E-state index contributed by atoms with van der Waals surface area (Å²) < 4.78 is 16.1. The summed E-state index contributed by atoms with van der Waals surface area (Å²) in [6.45, 7) is 2.85. The van der Waals surface area contributed by atoms with E-state index in [4.69, 9.17) is 14.2 Å². The smallest absolute Gasteiger partial charge is 0.255 e. The molecular weight excluding hydrogens is 378 g/mol. The zero-order chi connectivity index (χ0) is 21.8. The van der Waals surface area contributed by atoms with E-state index in [1.54, 1.807) is 27.4 Å². The fraction of sp³-hybridized carbons (Fsp3) is 0.400. The molecule has 5 heteroatoms. The molecule has 0 saturated heterocycles. The number of unbranched alkanes of at least 4 members (excludes halogenated alkanes) is 4. The summed E-state index contributed by atoms with van der Waals surface area (Å²) in [6, 6.07) is 11.3. The molecule has 2 aromatic carbocycles. The molecule has 2 aromatic rings. The van der Waals surface area contributed by atoms with Gasteiger partial charge in [0.05, 0.1) is 26.9 Å². The van der Waals surface area contributed by atoms with E-state index in [0.717, 1.165) is 29.7 Å². The molecule has 0 aliphatic rings. The molecule has 0 aliphatic heterocycles. The van der Waals surface area contributed by atoms with Crippen LogP contribution in [0.15, 0.2) is 36.4 Å². The van der Waals surface area contributed by atoms with E-state index >= 15 is 0 Å². The quantitative estimate of drug-likeness (QED) is 0.366. The molecule has 2 rings (SSSR count). The van der Waals surface area contributed by atoms with Crippen LogP contribution in [0.4, 0.5) is 0 Å². The lowest BCUT2D eigenvalue weighted by Gasteiger charge is -2.14. The Labute approximate surface area is 180 Å². The maximum atomic E-state index is 12.9. The summed E-state index contributed by atoms with van der Waals surface area (Å²) in [7, 11) is 4.80. The first-order valence-corrected chi connectivity index (χ1v) is 10.5. The van der Waals surface area contributed by atoms with Gasteiger partial charge in [-0.25, -0.2) is 0 Å². The molecule has 0 spiro atoms. The maximum absolute atomic E-state index is 12.9. The lowest BCUT2D eigenvalue weighted by Crippen LogP contribution is -2.25. The molecule has 0 saturated carbocycles. The van der Waals surface area contributed by atoms with Crippen molar-refractivity contribution >= 4 is 18.1 Å². The van der Waals surface area contributed by atoms with Crippen LogP contribution in [0.1, 0.15) is 60.5 Å². The average molecular weight is 412 g/mol. The second-order valence-corrected chi connectivity index (χ2v) is 7.07. The van der Waals surface area contributed by atoms with Crippen molar-refractivity contribution in [1.29, 1.82) is 0 Å². The van der Waals surface area contributed by atoms with Gasteiger partial charge in [-0.3, -0.25) is 4.79 Å². The van der Waals surface area contributed by atoms with Gasteiger partial charge in [-0.05, 0) is 35.7 Å². The molecule has 1 N–H and O–H groups in total. The number of rotatable bonds is 12. The van der Waals surface area contributed by atoms with Gasteiger partial charge < -0.3 is 19.5 Å². The van der Waals surface area contributed by atoms with Crippen molar-refractivity contribution in [3.05, 3.63) is 53.1 Å². The summed E-state index contributed by atoms with van der Waals surface area (Å²) in [4.78, 5) is 12.9. The highest BCUT2D eigenvalue weighted by molar-refractivity contribution is 6.01. The molecule has 0 aliphatic carbocycles. The van der Waals surface area contributed by atoms with Crippen molar-refractivity contribution in [3.8, 4) is 17.2 Å². The second-order valence-electron chi connectivity index (χ2n) is 7.07. The molecule has 0 atom stereocenters. The van der Waals surface area contributed by atoms with Crippen molar-refractivity contribution in [1.82, 2.24) is 5.32 Å². The molecule has 5 nitrogen and oxygen atoms in total. The van der Waals surface area contributed by atoms with Gasteiger partial charge in [0, 0.05) is 12.6 Å². The number of ether oxygens (including phenoxy) is 3. The summed E-state index contributed by atoms with van der Waals surface area (Å²) >= 11 is 0. The van der Waals surface area contributed by atoms with Crippen molar-refractivity contribution in [2.75, 3.05) is 27.9 Å². The van der Waals surface area contributed by atoms with Crippen molar-refractivity contribution in [3.63, 3.8) is 0 Å². The van der Waals surface area contributed by atoms with Gasteiger partial charge in [0.25, 0.3) is 5.91 Å². The molecule has 30 heavy (non-hydrogen) atoms. The normalized spacial score (nSPS) is 10.8. The number of hydrogen-bond donors (Lipinski definition) is 1. The summed E-state index contributed by atoms with van der Waals surface area (Å²) in [5.41, 5.74) is 2.25. The van der Waals surface area contributed by atoms with E-state index in [1.807, 2.05) is 42.5 Å². The number of nitrogens with one attached hydrogen (secondary N) is 1. The number of benzene rings is 2. The van der Waals surface area contributed by atoms with E-state index < -0.39 is 0 Å². The van der Waals surface area contributed by atoms with Gasteiger partial charge in [0.15, 0.2) is 0 Å². The predicted molar refractivity (Wildman–Crippen MR) is 123 cm³/mol. The van der Waals surface area contributed by atoms with Gasteiger partial charge in [0.1, 0.15) is 17.2 Å². The summed E-state index contributed by atoms with van der Waals surface area (Å²) in [5.74, 6) is 1.79. The molecule has 162 valence electrons. The van der Waals surface area contributed by atoms with E-state index in [2.05, 4.69) is 12.2 Å². The van der Waals surface area contributed by atoms with Gasteiger partial charge >= 0.3 is 0 Å². The standard InChI is InChI=1S/C25H33NO4/c1-5-6-7-8-9-16-26-25(27)24-20(17-22(29-3)18-23(24)30-4)13-10-19-11-14-21(28-2)15-12-19/h10-15,17-18H,5-9,16H2,1-4H3,(H,26,27)/b13-10+. The van der Waals surface area contributed by atoms with Crippen LogP contribution in [0, 0.1) is 0 Å². The Morgan fingerprint density at radius 3 is 2.20 bits per heavy atom. The lowest BCUT2D eigenvalue weighted by molar-refractivity contribution is 0.0949. The zero-order valence-corrected chi connectivity index (χ0v) is 18.5. The molecule has 0 aromatic heterocycles. The number of hydrogen-bond acceptors (Lipinski definition) is 4. The Balaban J connectivity index is 2.22. The third-order valence-corrected chi connectivity index (χ3v) is 4.93. The Hall–Kier alpha value is -2.95. The Morgan fingerprint density at radius 2 is 1.57 bits per heavy atom. The van der Waals surface area contributed by atoms with E-state index in [1.165, 1.54) is 19.3 Å². The zero-order valence-electron chi connectivity index (χ0n) is 18.5. The Kier molecular flexibility index (Phi) is 9.78. The third-order valence-electron chi connectivity index (χ3n) is 4.93. The Bertz CT molecular complexity index is 828. The first-order valence-electron chi connectivity index (χ1n) is 10.5. The predicted octanol–water partition coefficient (Wildman–Crippen LogP) is 5.58. The van der Waals surface area contributed by atoms with Crippen LogP contribution in [0.3, 0.4) is 0 Å². The van der Waals surface area contributed by atoms with Gasteiger partial charge in [-0.2, -0.15) is 0 Å². The van der Waals surface area contributed by atoms with Crippen molar-refractivity contribution < 1.29 is 19.0 Å². The second kappa shape index (κ2) is 12.6. The van der Waals surface area contributed by atoms with Crippen LogP contribution < -0.4 is 19.5 Å². The van der Waals surface area contributed by atoms with Crippen molar-refractivity contribution in [2.45, 2.75) is 39.0 Å². The molecule has 1 amide bonds. The first-order chi connectivity index (χ1) is 14.6. The van der Waals surface area contributed by atoms with Crippen LogP contribution in [0.2, 0.25) is 0 Å². The molecular formula is C25H33NO4. The highest BCUT2D eigenvalue weighted by Crippen LogP contribution is 2.30.